The van der Waals surface area contributed by atoms with Crippen LogP contribution in [-0.4, -0.2) is 49.7 Å². The van der Waals surface area contributed by atoms with Gasteiger partial charge in [0.25, 0.3) is 0 Å². The summed E-state index contributed by atoms with van der Waals surface area (Å²) in [4.78, 5) is 58.0. The molecule has 3 aromatic heterocycles. The van der Waals surface area contributed by atoms with Crippen molar-refractivity contribution in [1.82, 2.24) is 39.9 Å². The normalized spacial score (nSPS) is 11.6. The third kappa shape index (κ3) is 4.18. The van der Waals surface area contributed by atoms with Gasteiger partial charge in [-0.2, -0.15) is 0 Å². The summed E-state index contributed by atoms with van der Waals surface area (Å²) in [7, 11) is 0. The molecule has 47 heavy (non-hydrogen) atoms. The summed E-state index contributed by atoms with van der Waals surface area (Å²) in [5.41, 5.74) is 2.61. The fraction of sp³-hybridized carbons (Fsp3) is 0. The molecule has 2 N–H and O–H groups in total. The van der Waals surface area contributed by atoms with Crippen molar-refractivity contribution in [3.8, 4) is 45.6 Å². The number of H-pyrrole nitrogens is 2. The predicted molar refractivity (Wildman–Crippen MR) is 169 cm³/mol. The first-order valence-corrected chi connectivity index (χ1v) is 14.0. The summed E-state index contributed by atoms with van der Waals surface area (Å²) in [6.45, 7) is 0. The second-order valence-electron chi connectivity index (χ2n) is 10.6. The number of nitrogens with one attached hydrogen (secondary N) is 2. The van der Waals surface area contributed by atoms with E-state index in [1.165, 1.54) is 6.07 Å². The minimum absolute atomic E-state index is 0. The quantitative estimate of drug-likeness (QED) is 0.114. The van der Waals surface area contributed by atoms with E-state index in [-0.39, 0.29) is 45.0 Å². The van der Waals surface area contributed by atoms with E-state index in [1.807, 2.05) is 72.8 Å². The van der Waals surface area contributed by atoms with Crippen molar-refractivity contribution in [2.75, 3.05) is 0 Å². The van der Waals surface area contributed by atoms with Gasteiger partial charge in [0, 0.05) is 44.5 Å². The average Bonchev–Trinajstić information content (AvgIpc) is 3.80. The molecule has 0 spiro atoms. The van der Waals surface area contributed by atoms with E-state index in [9.17, 15) is 20.2 Å². The van der Waals surface area contributed by atoms with Crippen molar-refractivity contribution in [2.45, 2.75) is 0 Å². The van der Waals surface area contributed by atoms with Gasteiger partial charge in [0.1, 0.15) is 28.0 Å². The predicted octanol–water partition coefficient (Wildman–Crippen LogP) is 6.68. The zero-order chi connectivity index (χ0) is 31.1. The second kappa shape index (κ2) is 10.3. The molecule has 0 aliphatic carbocycles. The molecule has 0 unspecified atom stereocenters. The van der Waals surface area contributed by atoms with Crippen molar-refractivity contribution in [3.05, 3.63) is 105 Å². The number of hydrogen-bond donors (Lipinski definition) is 2. The summed E-state index contributed by atoms with van der Waals surface area (Å²) in [5, 5.41) is 26.1. The van der Waals surface area contributed by atoms with Gasteiger partial charge in [0.05, 0.1) is 9.85 Å². The first-order valence-electron chi connectivity index (χ1n) is 14.0. The Balaban J connectivity index is 0.00000324. The number of aromatic amines is 2. The van der Waals surface area contributed by atoms with Crippen LogP contribution in [0.2, 0.25) is 0 Å². The van der Waals surface area contributed by atoms with Gasteiger partial charge in [-0.1, -0.05) is 72.8 Å². The standard InChI is InChI=1S/C32H16N10O4.Cu/c43-41(44)22-14-13-21-23(24(22)42(45)46)32-39-30-20-12-6-5-11-19(20)28(37-30)35-26-16-8-2-1-7-15(16)25(33-26)34-27-17-9-3-4-10-18(17)29(36-27)38-31(21)40-32;/h1-14H,(H2,33,34,35,36,37,38,39,40);/q;+2. The molecule has 9 rings (SSSR count). The molecule has 227 valence electrons. The molecule has 1 radical (unpaired) electrons. The zero-order valence-corrected chi connectivity index (χ0v) is 24.5. The van der Waals surface area contributed by atoms with E-state index < -0.39 is 21.2 Å². The molecular weight excluding hydrogens is 652 g/mol. The molecule has 8 bridgehead atoms. The van der Waals surface area contributed by atoms with Crippen molar-refractivity contribution in [2.24, 2.45) is 0 Å². The van der Waals surface area contributed by atoms with Crippen LogP contribution in [-0.2, 0) is 17.1 Å². The molecule has 0 amide bonds. The van der Waals surface area contributed by atoms with Crippen molar-refractivity contribution >= 4 is 55.5 Å². The molecule has 0 saturated heterocycles. The van der Waals surface area contributed by atoms with Gasteiger partial charge in [-0.25, -0.2) is 29.9 Å². The number of hydrogen-bond acceptors (Lipinski definition) is 10. The van der Waals surface area contributed by atoms with E-state index in [0.717, 1.165) is 22.4 Å². The van der Waals surface area contributed by atoms with E-state index in [2.05, 4.69) is 9.97 Å². The van der Waals surface area contributed by atoms with Crippen LogP contribution in [0.1, 0.15) is 0 Å². The fourth-order valence-electron chi connectivity index (χ4n) is 6.03. The SMILES string of the molecule is O=[N+]([O-])c1ccc2c3nc4nc(nc5[nH]c(nc6nc(nc([nH]3)c2c1[N+](=O)[O-])-c1ccccc1-6)c1ccccc51)-c1ccccc1-4.[Cu+2]. The van der Waals surface area contributed by atoms with Crippen LogP contribution in [0.15, 0.2) is 84.9 Å². The Morgan fingerprint density at radius 1 is 0.468 bits per heavy atom. The third-order valence-electron chi connectivity index (χ3n) is 8.05. The van der Waals surface area contributed by atoms with E-state index in [4.69, 9.17) is 29.9 Å². The number of benzene rings is 4. The minimum atomic E-state index is -0.789. The zero-order valence-electron chi connectivity index (χ0n) is 23.6. The molecule has 2 aliphatic rings. The maximum atomic E-state index is 12.4. The van der Waals surface area contributed by atoms with Gasteiger partial charge in [-0.15, -0.1) is 0 Å². The summed E-state index contributed by atoms with van der Waals surface area (Å²) in [6.07, 6.45) is 0. The third-order valence-corrected chi connectivity index (χ3v) is 8.05. The van der Waals surface area contributed by atoms with Gasteiger partial charge in [-0.05, 0) is 6.07 Å². The Labute approximate surface area is 272 Å². The Kier molecular flexibility index (Phi) is 6.15. The molecule has 7 aromatic rings. The van der Waals surface area contributed by atoms with Crippen molar-refractivity contribution in [3.63, 3.8) is 0 Å². The van der Waals surface area contributed by atoms with Crippen LogP contribution in [0.3, 0.4) is 0 Å². The number of rotatable bonds is 2. The van der Waals surface area contributed by atoms with E-state index in [0.29, 0.717) is 45.5 Å². The van der Waals surface area contributed by atoms with Gasteiger partial charge in [0.2, 0.25) is 0 Å². The number of aromatic nitrogens is 8. The van der Waals surface area contributed by atoms with Crippen LogP contribution in [0.5, 0.6) is 0 Å². The van der Waals surface area contributed by atoms with Crippen molar-refractivity contribution in [1.29, 1.82) is 0 Å². The summed E-state index contributed by atoms with van der Waals surface area (Å²) < 4.78 is 0. The molecule has 0 saturated carbocycles. The Hall–Kier alpha value is -6.44. The van der Waals surface area contributed by atoms with Crippen LogP contribution in [0.25, 0.3) is 89.7 Å². The summed E-state index contributed by atoms with van der Waals surface area (Å²) in [5.74, 6) is 1.29. The summed E-state index contributed by atoms with van der Waals surface area (Å²) in [6, 6.07) is 25.0. The van der Waals surface area contributed by atoms with Crippen LogP contribution in [0.4, 0.5) is 11.4 Å². The molecular formula is C32H16CuN10O4+2. The van der Waals surface area contributed by atoms with Crippen LogP contribution >= 0.6 is 0 Å². The fourth-order valence-corrected chi connectivity index (χ4v) is 6.03. The molecule has 15 heteroatoms. The molecule has 14 nitrogen and oxygen atoms in total. The average molecular weight is 668 g/mol. The molecule has 0 fully saturated rings. The topological polar surface area (TPSA) is 195 Å². The number of nitrogens with zero attached hydrogens (tertiary/aromatic N) is 8. The smallest absolute Gasteiger partial charge is 0.324 e. The maximum Gasteiger partial charge on any atom is 2.00 e. The van der Waals surface area contributed by atoms with Crippen LogP contribution in [0, 0.1) is 20.2 Å². The largest absolute Gasteiger partial charge is 2.00 e. The molecule has 5 heterocycles. The first-order chi connectivity index (χ1) is 22.4. The Bertz CT molecular complexity index is 2680. The van der Waals surface area contributed by atoms with Gasteiger partial charge in [0.15, 0.2) is 23.3 Å². The van der Waals surface area contributed by atoms with Crippen molar-refractivity contribution < 1.29 is 26.9 Å². The number of nitro groups is 2. The van der Waals surface area contributed by atoms with Crippen LogP contribution < -0.4 is 0 Å². The summed E-state index contributed by atoms with van der Waals surface area (Å²) >= 11 is 0. The second-order valence-corrected chi connectivity index (χ2v) is 10.6. The van der Waals surface area contributed by atoms with Gasteiger partial charge in [-0.3, -0.25) is 20.2 Å². The van der Waals surface area contributed by atoms with E-state index >= 15 is 0 Å². The molecule has 0 atom stereocenters. The number of fused-ring (bicyclic) bond motifs is 20. The number of nitro benzene ring substituents is 2. The molecule has 2 aliphatic heterocycles. The van der Waals surface area contributed by atoms with Gasteiger partial charge < -0.3 is 9.97 Å². The Morgan fingerprint density at radius 2 is 0.872 bits per heavy atom. The van der Waals surface area contributed by atoms with E-state index in [1.54, 1.807) is 0 Å². The minimum Gasteiger partial charge on any atom is -0.324 e. The van der Waals surface area contributed by atoms with Gasteiger partial charge >= 0.3 is 28.4 Å². The monoisotopic (exact) mass is 667 g/mol. The maximum absolute atomic E-state index is 12.4. The Morgan fingerprint density at radius 3 is 1.32 bits per heavy atom. The first kappa shape index (κ1) is 28.1. The molecule has 4 aromatic carbocycles.